The molecule has 0 atom stereocenters. The van der Waals surface area contributed by atoms with Crippen LogP contribution < -0.4 is 5.32 Å². The molecule has 156 valence electrons. The van der Waals surface area contributed by atoms with E-state index in [1.165, 1.54) is 6.54 Å². The molecule has 0 radical (unpaired) electrons. The quantitative estimate of drug-likeness (QED) is 0.575. The molecule has 0 unspecified atom stereocenters. The highest BCUT2D eigenvalue weighted by Gasteiger charge is 2.19. The van der Waals surface area contributed by atoms with Gasteiger partial charge in [0, 0.05) is 65.5 Å². The molecule has 1 amide bonds. The van der Waals surface area contributed by atoms with Gasteiger partial charge in [-0.25, -0.2) is 0 Å². The Balaban J connectivity index is 1.93. The van der Waals surface area contributed by atoms with Crippen molar-refractivity contribution in [3.05, 3.63) is 35.4 Å². The highest BCUT2D eigenvalue weighted by atomic mass is 16.2. The van der Waals surface area contributed by atoms with Crippen LogP contribution in [0.2, 0.25) is 0 Å². The molecule has 1 aliphatic rings. The zero-order valence-electron chi connectivity index (χ0n) is 18.2. The summed E-state index contributed by atoms with van der Waals surface area (Å²) >= 11 is 0. The summed E-state index contributed by atoms with van der Waals surface area (Å²) in [5.41, 5.74) is 1.88. The summed E-state index contributed by atoms with van der Waals surface area (Å²) < 4.78 is 0. The van der Waals surface area contributed by atoms with E-state index in [1.807, 2.05) is 18.2 Å². The van der Waals surface area contributed by atoms with Gasteiger partial charge in [-0.2, -0.15) is 0 Å². The Labute approximate surface area is 170 Å². The number of piperazine rings is 1. The molecule has 1 N–H and O–H groups in total. The van der Waals surface area contributed by atoms with Crippen LogP contribution in [0.4, 0.5) is 0 Å². The standard InChI is InChI=1S/C22H37N5O/c1-6-23-22(27-14-12-26(13-15-27)17-18(2)3)24-11-10-19-8-7-9-20(16-19)21(28)25(4)5/h7-9,16,18H,6,10-15,17H2,1-5H3,(H,23,24). The SMILES string of the molecule is CCNC(=NCCc1cccc(C(=O)N(C)C)c1)N1CCN(CC(C)C)CC1. The van der Waals surface area contributed by atoms with Gasteiger partial charge in [-0.3, -0.25) is 14.7 Å². The van der Waals surface area contributed by atoms with Gasteiger partial charge < -0.3 is 15.1 Å². The van der Waals surface area contributed by atoms with Crippen LogP contribution in [0.5, 0.6) is 0 Å². The third kappa shape index (κ3) is 6.82. The molecule has 6 heteroatoms. The van der Waals surface area contributed by atoms with E-state index < -0.39 is 0 Å². The fourth-order valence-corrected chi connectivity index (χ4v) is 3.49. The van der Waals surface area contributed by atoms with E-state index in [9.17, 15) is 4.79 Å². The summed E-state index contributed by atoms with van der Waals surface area (Å²) in [6, 6.07) is 7.87. The van der Waals surface area contributed by atoms with Crippen LogP contribution in [0.1, 0.15) is 36.7 Å². The summed E-state index contributed by atoms with van der Waals surface area (Å²) in [5, 5.41) is 3.44. The highest BCUT2D eigenvalue weighted by Crippen LogP contribution is 2.09. The second-order valence-corrected chi connectivity index (χ2v) is 8.07. The Kier molecular flexibility index (Phi) is 8.77. The number of benzene rings is 1. The van der Waals surface area contributed by atoms with Crippen molar-refractivity contribution < 1.29 is 4.79 Å². The van der Waals surface area contributed by atoms with Crippen molar-refractivity contribution in [2.75, 3.05) is 59.9 Å². The smallest absolute Gasteiger partial charge is 0.253 e. The third-order valence-electron chi connectivity index (χ3n) is 4.87. The van der Waals surface area contributed by atoms with Crippen LogP contribution in [-0.2, 0) is 6.42 Å². The highest BCUT2D eigenvalue weighted by molar-refractivity contribution is 5.94. The van der Waals surface area contributed by atoms with Gasteiger partial charge in [-0.05, 0) is 37.0 Å². The molecule has 0 bridgehead atoms. The van der Waals surface area contributed by atoms with Gasteiger partial charge in [0.25, 0.3) is 5.91 Å². The Morgan fingerprint density at radius 3 is 2.54 bits per heavy atom. The predicted octanol–water partition coefficient (Wildman–Crippen LogP) is 2.17. The Bertz CT molecular complexity index is 648. The summed E-state index contributed by atoms with van der Waals surface area (Å²) in [4.78, 5) is 23.5. The number of nitrogens with zero attached hydrogens (tertiary/aromatic N) is 4. The lowest BCUT2D eigenvalue weighted by Crippen LogP contribution is -2.53. The third-order valence-corrected chi connectivity index (χ3v) is 4.87. The number of rotatable bonds is 7. The van der Waals surface area contributed by atoms with Crippen molar-refractivity contribution in [1.29, 1.82) is 0 Å². The van der Waals surface area contributed by atoms with Crippen molar-refractivity contribution >= 4 is 11.9 Å². The first kappa shape index (κ1) is 22.2. The Hall–Kier alpha value is -2.08. The Morgan fingerprint density at radius 1 is 1.21 bits per heavy atom. The van der Waals surface area contributed by atoms with Crippen molar-refractivity contribution in [2.45, 2.75) is 27.2 Å². The minimum atomic E-state index is 0.0398. The minimum absolute atomic E-state index is 0.0398. The van der Waals surface area contributed by atoms with E-state index in [-0.39, 0.29) is 5.91 Å². The molecule has 1 aromatic carbocycles. The fraction of sp³-hybridized carbons (Fsp3) is 0.636. The van der Waals surface area contributed by atoms with Gasteiger partial charge >= 0.3 is 0 Å². The Morgan fingerprint density at radius 2 is 1.93 bits per heavy atom. The largest absolute Gasteiger partial charge is 0.357 e. The normalized spacial score (nSPS) is 15.8. The zero-order chi connectivity index (χ0) is 20.5. The molecule has 1 aliphatic heterocycles. The molecule has 1 fully saturated rings. The molecular weight excluding hydrogens is 350 g/mol. The van der Waals surface area contributed by atoms with E-state index in [2.05, 4.69) is 42.0 Å². The van der Waals surface area contributed by atoms with E-state index in [1.54, 1.807) is 19.0 Å². The molecule has 6 nitrogen and oxygen atoms in total. The van der Waals surface area contributed by atoms with Crippen LogP contribution in [0.15, 0.2) is 29.3 Å². The molecule has 1 heterocycles. The number of nitrogens with one attached hydrogen (secondary N) is 1. The van der Waals surface area contributed by atoms with Crippen molar-refractivity contribution in [3.63, 3.8) is 0 Å². The number of hydrogen-bond donors (Lipinski definition) is 1. The summed E-state index contributed by atoms with van der Waals surface area (Å²) in [7, 11) is 3.56. The van der Waals surface area contributed by atoms with Crippen LogP contribution in [0, 0.1) is 5.92 Å². The maximum atomic E-state index is 12.1. The lowest BCUT2D eigenvalue weighted by atomic mass is 10.1. The van der Waals surface area contributed by atoms with Crippen molar-refractivity contribution in [3.8, 4) is 0 Å². The number of aliphatic imine (C=N–C) groups is 1. The van der Waals surface area contributed by atoms with Gasteiger partial charge in [-0.15, -0.1) is 0 Å². The molecular formula is C22H37N5O. The zero-order valence-corrected chi connectivity index (χ0v) is 18.2. The van der Waals surface area contributed by atoms with Crippen LogP contribution >= 0.6 is 0 Å². The summed E-state index contributed by atoms with van der Waals surface area (Å²) in [6.45, 7) is 13.7. The minimum Gasteiger partial charge on any atom is -0.357 e. The number of carbonyl (C=O) groups is 1. The van der Waals surface area contributed by atoms with Crippen LogP contribution in [0.3, 0.4) is 0 Å². The molecule has 0 saturated carbocycles. The molecule has 0 aliphatic carbocycles. The molecule has 1 saturated heterocycles. The lowest BCUT2D eigenvalue weighted by molar-refractivity contribution is 0.0827. The van der Waals surface area contributed by atoms with Crippen molar-refractivity contribution in [1.82, 2.24) is 20.0 Å². The van der Waals surface area contributed by atoms with E-state index >= 15 is 0 Å². The van der Waals surface area contributed by atoms with Crippen LogP contribution in [-0.4, -0.2) is 86.5 Å². The average Bonchev–Trinajstić information content (AvgIpc) is 2.67. The second-order valence-electron chi connectivity index (χ2n) is 8.07. The molecule has 1 aromatic rings. The maximum Gasteiger partial charge on any atom is 0.253 e. The topological polar surface area (TPSA) is 51.2 Å². The maximum absolute atomic E-state index is 12.1. The molecule has 0 spiro atoms. The lowest BCUT2D eigenvalue weighted by Gasteiger charge is -2.37. The number of hydrogen-bond acceptors (Lipinski definition) is 3. The van der Waals surface area contributed by atoms with E-state index in [4.69, 9.17) is 4.99 Å². The molecule has 2 rings (SSSR count). The van der Waals surface area contributed by atoms with Gasteiger partial charge in [0.05, 0.1) is 0 Å². The first-order valence-corrected chi connectivity index (χ1v) is 10.5. The van der Waals surface area contributed by atoms with Gasteiger partial charge in [0.1, 0.15) is 0 Å². The summed E-state index contributed by atoms with van der Waals surface area (Å²) in [5.74, 6) is 1.76. The second kappa shape index (κ2) is 11.1. The van der Waals surface area contributed by atoms with Gasteiger partial charge in [0.15, 0.2) is 5.96 Å². The predicted molar refractivity (Wildman–Crippen MR) is 117 cm³/mol. The van der Waals surface area contributed by atoms with E-state index in [0.29, 0.717) is 12.5 Å². The number of carbonyl (C=O) groups excluding carboxylic acids is 1. The van der Waals surface area contributed by atoms with Crippen molar-refractivity contribution in [2.24, 2.45) is 10.9 Å². The average molecular weight is 388 g/mol. The fourth-order valence-electron chi connectivity index (χ4n) is 3.49. The van der Waals surface area contributed by atoms with E-state index in [0.717, 1.165) is 56.2 Å². The molecule has 0 aromatic heterocycles. The molecule has 28 heavy (non-hydrogen) atoms. The van der Waals surface area contributed by atoms with Crippen LogP contribution in [0.25, 0.3) is 0 Å². The van der Waals surface area contributed by atoms with Gasteiger partial charge in [0.2, 0.25) is 0 Å². The van der Waals surface area contributed by atoms with Gasteiger partial charge in [-0.1, -0.05) is 26.0 Å². The number of amides is 1. The first-order valence-electron chi connectivity index (χ1n) is 10.5. The number of guanidine groups is 1. The monoisotopic (exact) mass is 387 g/mol. The summed E-state index contributed by atoms with van der Waals surface area (Å²) in [6.07, 6.45) is 0.830. The first-order chi connectivity index (χ1) is 13.4.